The monoisotopic (exact) mass is 165 g/mol. The van der Waals surface area contributed by atoms with Crippen LogP contribution in [-0.2, 0) is 13.6 Å². The van der Waals surface area contributed by atoms with Crippen molar-refractivity contribution >= 4 is 0 Å². The molecule has 0 N–H and O–H groups in total. The predicted octanol–water partition coefficient (Wildman–Crippen LogP) is 0.346. The van der Waals surface area contributed by atoms with Gasteiger partial charge in [-0.15, -0.1) is 0 Å². The SMILES string of the molecule is CC(C#N)Cn1ccn(C)c1=O. The molecule has 4 nitrogen and oxygen atoms in total. The molecule has 1 rings (SSSR count). The Kier molecular flexibility index (Phi) is 2.34. The number of aromatic nitrogens is 2. The van der Waals surface area contributed by atoms with Crippen LogP contribution in [0.4, 0.5) is 0 Å². The van der Waals surface area contributed by atoms with Gasteiger partial charge in [-0.3, -0.25) is 4.57 Å². The van der Waals surface area contributed by atoms with Gasteiger partial charge in [0.05, 0.1) is 12.0 Å². The van der Waals surface area contributed by atoms with Crippen LogP contribution in [0.1, 0.15) is 6.92 Å². The second-order valence-corrected chi connectivity index (χ2v) is 2.87. The van der Waals surface area contributed by atoms with Crippen LogP contribution in [-0.4, -0.2) is 9.13 Å². The molecule has 0 amide bonds. The van der Waals surface area contributed by atoms with Gasteiger partial charge in [0.2, 0.25) is 0 Å². The molecular weight excluding hydrogens is 154 g/mol. The highest BCUT2D eigenvalue weighted by Gasteiger charge is 2.03. The van der Waals surface area contributed by atoms with Crippen LogP contribution in [0.15, 0.2) is 17.2 Å². The van der Waals surface area contributed by atoms with Gasteiger partial charge in [-0.05, 0) is 6.92 Å². The lowest BCUT2D eigenvalue weighted by molar-refractivity contribution is 0.556. The van der Waals surface area contributed by atoms with E-state index in [1.54, 1.807) is 26.4 Å². The molecule has 12 heavy (non-hydrogen) atoms. The largest absolute Gasteiger partial charge is 0.327 e. The van der Waals surface area contributed by atoms with Crippen molar-refractivity contribution in [2.75, 3.05) is 0 Å². The van der Waals surface area contributed by atoms with E-state index in [4.69, 9.17) is 5.26 Å². The summed E-state index contributed by atoms with van der Waals surface area (Å²) in [5.41, 5.74) is -0.0721. The molecule has 0 aromatic carbocycles. The Hall–Kier alpha value is -1.50. The maximum atomic E-state index is 11.2. The fourth-order valence-corrected chi connectivity index (χ4v) is 0.985. The van der Waals surface area contributed by atoms with Crippen molar-refractivity contribution in [2.24, 2.45) is 13.0 Å². The second-order valence-electron chi connectivity index (χ2n) is 2.87. The number of hydrogen-bond acceptors (Lipinski definition) is 2. The standard InChI is InChI=1S/C8H11N3O/c1-7(5-9)6-11-4-3-10(2)8(11)12/h3-4,7H,6H2,1-2H3. The number of imidazole rings is 1. The summed E-state index contributed by atoms with van der Waals surface area (Å²) in [6.45, 7) is 2.26. The third-order valence-electron chi connectivity index (χ3n) is 1.71. The van der Waals surface area contributed by atoms with Crippen LogP contribution in [0.25, 0.3) is 0 Å². The highest BCUT2D eigenvalue weighted by molar-refractivity contribution is 4.85. The molecule has 1 unspecified atom stereocenters. The van der Waals surface area contributed by atoms with Crippen molar-refractivity contribution in [3.63, 3.8) is 0 Å². The van der Waals surface area contributed by atoms with Crippen molar-refractivity contribution in [1.29, 1.82) is 5.26 Å². The average molecular weight is 165 g/mol. The van der Waals surface area contributed by atoms with Crippen LogP contribution in [0.2, 0.25) is 0 Å². The number of aryl methyl sites for hydroxylation is 1. The minimum Gasteiger partial charge on any atom is -0.302 e. The molecule has 0 spiro atoms. The van der Waals surface area contributed by atoms with Gasteiger partial charge in [0.15, 0.2) is 0 Å². The third-order valence-corrected chi connectivity index (χ3v) is 1.71. The smallest absolute Gasteiger partial charge is 0.302 e. The molecule has 0 aliphatic rings. The summed E-state index contributed by atoms with van der Waals surface area (Å²) in [4.78, 5) is 11.2. The summed E-state index contributed by atoms with van der Waals surface area (Å²) in [6, 6.07) is 2.08. The highest BCUT2D eigenvalue weighted by Crippen LogP contribution is 1.95. The molecule has 0 bridgehead atoms. The molecular formula is C8H11N3O. The Bertz CT molecular complexity index is 355. The van der Waals surface area contributed by atoms with Crippen molar-refractivity contribution in [1.82, 2.24) is 9.13 Å². The normalized spacial score (nSPS) is 12.4. The van der Waals surface area contributed by atoms with Crippen molar-refractivity contribution < 1.29 is 0 Å². The van der Waals surface area contributed by atoms with Gasteiger partial charge in [-0.2, -0.15) is 5.26 Å². The molecule has 1 heterocycles. The van der Waals surface area contributed by atoms with E-state index >= 15 is 0 Å². The lowest BCUT2D eigenvalue weighted by Gasteiger charge is -2.00. The van der Waals surface area contributed by atoms with E-state index in [9.17, 15) is 4.79 Å². The summed E-state index contributed by atoms with van der Waals surface area (Å²) < 4.78 is 3.03. The van der Waals surface area contributed by atoms with E-state index in [1.807, 2.05) is 0 Å². The van der Waals surface area contributed by atoms with Gasteiger partial charge in [-0.1, -0.05) is 0 Å². The number of hydrogen-bond donors (Lipinski definition) is 0. The summed E-state index contributed by atoms with van der Waals surface area (Å²) in [5.74, 6) is -0.120. The fraction of sp³-hybridized carbons (Fsp3) is 0.500. The predicted molar refractivity (Wildman–Crippen MR) is 44.5 cm³/mol. The fourth-order valence-electron chi connectivity index (χ4n) is 0.985. The molecule has 4 heteroatoms. The number of nitrogens with zero attached hydrogens (tertiary/aromatic N) is 3. The molecule has 0 fully saturated rings. The molecule has 0 aliphatic carbocycles. The van der Waals surface area contributed by atoms with E-state index in [0.717, 1.165) is 0 Å². The first kappa shape index (κ1) is 8.60. The Balaban J connectivity index is 2.85. The van der Waals surface area contributed by atoms with Crippen molar-refractivity contribution in [2.45, 2.75) is 13.5 Å². The molecule has 1 atom stereocenters. The van der Waals surface area contributed by atoms with Crippen molar-refractivity contribution in [3.8, 4) is 6.07 Å². The average Bonchev–Trinajstić information content (AvgIpc) is 2.36. The third kappa shape index (κ3) is 1.56. The second kappa shape index (κ2) is 3.26. The van der Waals surface area contributed by atoms with Gasteiger partial charge in [0.25, 0.3) is 0 Å². The van der Waals surface area contributed by atoms with Crippen LogP contribution in [0, 0.1) is 17.2 Å². The zero-order chi connectivity index (χ0) is 9.14. The molecule has 1 aromatic heterocycles. The summed E-state index contributed by atoms with van der Waals surface area (Å²) in [5, 5.41) is 8.52. The first-order valence-electron chi connectivity index (χ1n) is 3.76. The molecule has 1 aromatic rings. The van der Waals surface area contributed by atoms with Crippen LogP contribution < -0.4 is 5.69 Å². The molecule has 0 aliphatic heterocycles. The van der Waals surface area contributed by atoms with Crippen molar-refractivity contribution in [3.05, 3.63) is 22.9 Å². The van der Waals surface area contributed by atoms with Crippen LogP contribution in [0.3, 0.4) is 0 Å². The molecule has 0 radical (unpaired) electrons. The Labute approximate surface area is 70.7 Å². The van der Waals surface area contributed by atoms with Gasteiger partial charge >= 0.3 is 5.69 Å². The van der Waals surface area contributed by atoms with E-state index in [-0.39, 0.29) is 11.6 Å². The molecule has 0 saturated carbocycles. The minimum atomic E-state index is -0.120. The maximum absolute atomic E-state index is 11.2. The van der Waals surface area contributed by atoms with Crippen LogP contribution in [0.5, 0.6) is 0 Å². The summed E-state index contributed by atoms with van der Waals surface area (Å²) in [6.07, 6.45) is 3.38. The minimum absolute atomic E-state index is 0.0721. The Morgan fingerprint density at radius 3 is 2.75 bits per heavy atom. The van der Waals surface area contributed by atoms with E-state index in [1.165, 1.54) is 9.13 Å². The molecule has 64 valence electrons. The van der Waals surface area contributed by atoms with Gasteiger partial charge < -0.3 is 4.57 Å². The highest BCUT2D eigenvalue weighted by atomic mass is 16.1. The van der Waals surface area contributed by atoms with Crippen LogP contribution >= 0.6 is 0 Å². The van der Waals surface area contributed by atoms with Gasteiger partial charge in [0, 0.05) is 26.0 Å². The lowest BCUT2D eigenvalue weighted by atomic mass is 10.2. The zero-order valence-electron chi connectivity index (χ0n) is 7.19. The lowest BCUT2D eigenvalue weighted by Crippen LogP contribution is -2.23. The van der Waals surface area contributed by atoms with Gasteiger partial charge in [0.1, 0.15) is 0 Å². The van der Waals surface area contributed by atoms with E-state index < -0.39 is 0 Å². The molecule has 0 saturated heterocycles. The quantitative estimate of drug-likeness (QED) is 0.634. The number of rotatable bonds is 2. The first-order valence-corrected chi connectivity index (χ1v) is 3.76. The maximum Gasteiger partial charge on any atom is 0.327 e. The van der Waals surface area contributed by atoms with E-state index in [2.05, 4.69) is 6.07 Å². The zero-order valence-corrected chi connectivity index (χ0v) is 7.19. The van der Waals surface area contributed by atoms with E-state index in [0.29, 0.717) is 6.54 Å². The Morgan fingerprint density at radius 1 is 1.67 bits per heavy atom. The summed E-state index contributed by atoms with van der Waals surface area (Å²) in [7, 11) is 1.69. The first-order chi connectivity index (χ1) is 5.65. The summed E-state index contributed by atoms with van der Waals surface area (Å²) >= 11 is 0. The Morgan fingerprint density at radius 2 is 2.33 bits per heavy atom. The topological polar surface area (TPSA) is 50.7 Å². The van der Waals surface area contributed by atoms with Gasteiger partial charge in [-0.25, -0.2) is 4.79 Å². The number of nitriles is 1.